The molecule has 1 aliphatic carbocycles. The van der Waals surface area contributed by atoms with Gasteiger partial charge in [-0.05, 0) is 133 Å². The van der Waals surface area contributed by atoms with E-state index in [2.05, 4.69) is 56.2 Å². The number of carbonyl (C=O) groups excluding carboxylic acids is 3. The fraction of sp³-hybridized carbons (Fsp3) is 0.417. The van der Waals surface area contributed by atoms with Crippen LogP contribution >= 0.6 is 23.4 Å². The lowest BCUT2D eigenvalue weighted by molar-refractivity contribution is -0.134. The summed E-state index contributed by atoms with van der Waals surface area (Å²) in [6, 6.07) is 34.2. The zero-order valence-electron chi connectivity index (χ0n) is 45.3. The van der Waals surface area contributed by atoms with Crippen molar-refractivity contribution in [3.8, 4) is 0 Å². The summed E-state index contributed by atoms with van der Waals surface area (Å²) >= 11 is 7.66. The minimum absolute atomic E-state index is 0.0139. The van der Waals surface area contributed by atoms with Crippen LogP contribution in [0.2, 0.25) is 5.02 Å². The third kappa shape index (κ3) is 13.9. The SMILES string of the molecule is CC1(C)CCC(c2ccc(Cl)cc2)=C(CN2CCN(c3ccc(C(=O)NS(=O)(=O)c4ccc(N[C@H](CCN5C[C@H]6C[C@@H]5CN6Cc5ccc(C6CCC(=O)NC6=O)cc5)CSc5ccccc5)c(S(=O)(=O)C(F)(F)F)c4)cc3)CC2)C1. The van der Waals surface area contributed by atoms with E-state index < -0.39 is 52.8 Å². The van der Waals surface area contributed by atoms with Gasteiger partial charge in [0, 0.05) is 110 Å². The number of anilines is 2. The molecule has 4 atom stereocenters. The second kappa shape index (κ2) is 24.2. The fourth-order valence-electron chi connectivity index (χ4n) is 12.1. The van der Waals surface area contributed by atoms with Crippen LogP contribution in [0.3, 0.4) is 0 Å². The molecule has 14 nitrogen and oxygen atoms in total. The predicted molar refractivity (Wildman–Crippen MR) is 310 cm³/mol. The van der Waals surface area contributed by atoms with Crippen LogP contribution in [0.1, 0.15) is 91.8 Å². The van der Waals surface area contributed by atoms with E-state index in [4.69, 9.17) is 11.6 Å². The van der Waals surface area contributed by atoms with Gasteiger partial charge < -0.3 is 10.2 Å². The Bertz CT molecular complexity index is 3380. The van der Waals surface area contributed by atoms with E-state index in [9.17, 15) is 44.4 Å². The number of thioether (sulfide) groups is 1. The average Bonchev–Trinajstić information content (AvgIpc) is 4.10. The lowest BCUT2D eigenvalue weighted by atomic mass is 9.73. The van der Waals surface area contributed by atoms with Crippen LogP contribution in [0.15, 0.2) is 142 Å². The molecule has 4 heterocycles. The van der Waals surface area contributed by atoms with Gasteiger partial charge in [-0.1, -0.05) is 85.6 Å². The van der Waals surface area contributed by atoms with Crippen LogP contribution < -0.4 is 20.3 Å². The van der Waals surface area contributed by atoms with Gasteiger partial charge >= 0.3 is 5.51 Å². The van der Waals surface area contributed by atoms with E-state index in [-0.39, 0.29) is 40.8 Å². The highest BCUT2D eigenvalue weighted by molar-refractivity contribution is 7.99. The summed E-state index contributed by atoms with van der Waals surface area (Å²) in [5.41, 5.74) is 0.846. The maximum atomic E-state index is 14.5. The number of nitrogens with one attached hydrogen (secondary N) is 3. The van der Waals surface area contributed by atoms with E-state index in [1.54, 1.807) is 12.1 Å². The number of allylic oxidation sites excluding steroid dienone is 1. The Morgan fingerprint density at radius 2 is 1.52 bits per heavy atom. The fourth-order valence-corrected chi connectivity index (χ4v) is 15.2. The van der Waals surface area contributed by atoms with Gasteiger partial charge in [-0.3, -0.25) is 34.4 Å². The number of piperidine rings is 1. The molecule has 0 spiro atoms. The number of carbonyl (C=O) groups is 3. The van der Waals surface area contributed by atoms with Crippen molar-refractivity contribution in [2.75, 3.05) is 68.3 Å². The Balaban J connectivity index is 0.777. The van der Waals surface area contributed by atoms with Crippen LogP contribution in [-0.2, 0) is 36.0 Å². The van der Waals surface area contributed by atoms with Crippen molar-refractivity contribution in [3.63, 3.8) is 0 Å². The van der Waals surface area contributed by atoms with Gasteiger partial charge in [-0.2, -0.15) is 13.2 Å². The first kappa shape index (κ1) is 58.5. The molecular formula is C60H67ClF3N7O7S3. The molecule has 4 fully saturated rings. The van der Waals surface area contributed by atoms with Crippen molar-refractivity contribution in [2.45, 2.75) is 110 Å². The van der Waals surface area contributed by atoms with E-state index in [0.29, 0.717) is 49.2 Å². The van der Waals surface area contributed by atoms with Gasteiger partial charge in [0.1, 0.15) is 4.90 Å². The molecule has 5 aromatic rings. The summed E-state index contributed by atoms with van der Waals surface area (Å²) in [4.78, 5) is 45.8. The summed E-state index contributed by atoms with van der Waals surface area (Å²) in [6.07, 6.45) is 5.26. The van der Waals surface area contributed by atoms with Gasteiger partial charge in [-0.15, -0.1) is 11.8 Å². The Labute approximate surface area is 481 Å². The molecule has 3 amide bonds. The molecule has 0 saturated carbocycles. The lowest BCUT2D eigenvalue weighted by Crippen LogP contribution is -2.47. The standard InChI is InChI=1S/C60H67ClF3N7O7S3/c1-59(2)26-24-52(41-12-16-45(61)17-13-41)44(34-59)36-68-28-30-69(31-29-68)47-18-14-43(15-19-47)57(73)67-81(77,78)51-20-22-54(55(33-51)80(75,76)60(62,63)64)65-46(39-79-50-6-4-3-5-7-50)25-27-70-37-49-32-48(70)38-71(49)35-40-8-10-42(11-9-40)53-21-23-56(72)66-58(53)74/h3-20,22,33,46,48-49,53,65H,21,23-32,34-39H2,1-2H3,(H,67,73)(H,66,72,74)/t46-,48-,49-,53?/m1/s1. The maximum absolute atomic E-state index is 14.5. The van der Waals surface area contributed by atoms with Gasteiger partial charge in [0.05, 0.1) is 16.5 Å². The Morgan fingerprint density at radius 1 is 0.827 bits per heavy atom. The molecular weight excluding hydrogens is 1120 g/mol. The second-order valence-corrected chi connectivity index (χ2v) is 27.9. The number of rotatable bonds is 19. The highest BCUT2D eigenvalue weighted by Gasteiger charge is 2.49. The minimum atomic E-state index is -6.12. The summed E-state index contributed by atoms with van der Waals surface area (Å²) in [5, 5.41) is 6.20. The Morgan fingerprint density at radius 3 is 2.19 bits per heavy atom. The number of sulfonamides is 1. The third-order valence-electron chi connectivity index (χ3n) is 16.5. The summed E-state index contributed by atoms with van der Waals surface area (Å²) in [5.74, 6) is -1.58. The highest BCUT2D eigenvalue weighted by Crippen LogP contribution is 2.43. The average molecular weight is 1190 g/mol. The number of fused-ring (bicyclic) bond motifs is 2. The van der Waals surface area contributed by atoms with Crippen LogP contribution in [-0.4, -0.2) is 131 Å². The Hall–Kier alpha value is -5.74. The van der Waals surface area contributed by atoms with Gasteiger partial charge in [0.15, 0.2) is 0 Å². The third-order valence-corrected chi connectivity index (χ3v) is 20.8. The molecule has 21 heteroatoms. The van der Waals surface area contributed by atoms with Crippen LogP contribution in [0, 0.1) is 5.41 Å². The Kier molecular flexibility index (Phi) is 17.5. The first-order valence-electron chi connectivity index (χ1n) is 27.5. The number of halogens is 4. The normalized spacial score (nSPS) is 21.5. The minimum Gasteiger partial charge on any atom is -0.380 e. The molecule has 3 N–H and O–H groups in total. The second-order valence-electron chi connectivity index (χ2n) is 22.7. The van der Waals surface area contributed by atoms with Crippen molar-refractivity contribution < 1.29 is 44.4 Å². The molecule has 0 radical (unpaired) electrons. The number of hydrogen-bond acceptors (Lipinski definition) is 13. The number of amides is 3. The van der Waals surface area contributed by atoms with Crippen LogP contribution in [0.5, 0.6) is 0 Å². The summed E-state index contributed by atoms with van der Waals surface area (Å²) in [7, 11) is -11.0. The van der Waals surface area contributed by atoms with Crippen LogP contribution in [0.4, 0.5) is 24.5 Å². The number of piperazine rings is 2. The predicted octanol–water partition coefficient (Wildman–Crippen LogP) is 9.98. The van der Waals surface area contributed by atoms with Crippen molar-refractivity contribution in [1.29, 1.82) is 0 Å². The van der Waals surface area contributed by atoms with E-state index in [1.807, 2.05) is 71.5 Å². The smallest absolute Gasteiger partial charge is 0.380 e. The van der Waals surface area contributed by atoms with Gasteiger partial charge in [0.2, 0.25) is 11.8 Å². The summed E-state index contributed by atoms with van der Waals surface area (Å²) < 4.78 is 99.8. The molecule has 4 saturated heterocycles. The molecule has 10 rings (SSSR count). The molecule has 5 aliphatic rings. The highest BCUT2D eigenvalue weighted by atomic mass is 35.5. The van der Waals surface area contributed by atoms with Crippen molar-refractivity contribution in [3.05, 3.63) is 154 Å². The number of sulfone groups is 1. The topological polar surface area (TPSA) is 169 Å². The monoisotopic (exact) mass is 1190 g/mol. The number of imide groups is 1. The number of hydrogen-bond donors (Lipinski definition) is 3. The zero-order valence-corrected chi connectivity index (χ0v) is 48.5. The number of benzene rings is 5. The number of nitrogens with zero attached hydrogens (tertiary/aromatic N) is 4. The first-order chi connectivity index (χ1) is 38.6. The largest absolute Gasteiger partial charge is 0.501 e. The zero-order chi connectivity index (χ0) is 57.3. The molecule has 81 heavy (non-hydrogen) atoms. The van der Waals surface area contributed by atoms with Crippen molar-refractivity contribution >= 4 is 77.9 Å². The molecule has 2 bridgehead atoms. The van der Waals surface area contributed by atoms with Gasteiger partial charge in [-0.25, -0.2) is 21.6 Å². The molecule has 4 aliphatic heterocycles. The number of alkyl halides is 3. The lowest BCUT2D eigenvalue weighted by Gasteiger charge is -2.39. The van der Waals surface area contributed by atoms with Gasteiger partial charge in [0.25, 0.3) is 25.8 Å². The van der Waals surface area contributed by atoms with Crippen LogP contribution in [0.25, 0.3) is 5.57 Å². The van der Waals surface area contributed by atoms with E-state index in [0.717, 1.165) is 105 Å². The number of likely N-dealkylation sites (tertiary alicyclic amines) is 2. The molecule has 0 aromatic heterocycles. The molecule has 1 unspecified atom stereocenters. The first-order valence-corrected chi connectivity index (χ1v) is 31.8. The van der Waals surface area contributed by atoms with Crippen molar-refractivity contribution in [1.82, 2.24) is 24.7 Å². The molecule has 5 aromatic carbocycles. The van der Waals surface area contributed by atoms with Crippen molar-refractivity contribution in [2.24, 2.45) is 5.41 Å². The summed E-state index contributed by atoms with van der Waals surface area (Å²) in [6.45, 7) is 11.4. The quantitative estimate of drug-likeness (QED) is 0.0528. The maximum Gasteiger partial charge on any atom is 0.501 e. The molecule has 430 valence electrons. The van der Waals surface area contributed by atoms with E-state index in [1.165, 1.54) is 40.6 Å². The van der Waals surface area contributed by atoms with E-state index >= 15 is 0 Å².